The zero-order valence-corrected chi connectivity index (χ0v) is 13.1. The van der Waals surface area contributed by atoms with E-state index in [9.17, 15) is 8.42 Å². The molecular formula is C13H17Cl2NO2S. The van der Waals surface area contributed by atoms with Gasteiger partial charge in [-0.25, -0.2) is 8.42 Å². The highest BCUT2D eigenvalue weighted by atomic mass is 35.5. The van der Waals surface area contributed by atoms with Crippen LogP contribution in [-0.2, 0) is 16.4 Å². The number of nitrogens with zero attached hydrogens (tertiary/aromatic N) is 1. The van der Waals surface area contributed by atoms with Crippen molar-refractivity contribution < 1.29 is 8.42 Å². The first-order valence-corrected chi connectivity index (χ1v) is 8.76. The first kappa shape index (κ1) is 15.1. The Bertz CT molecular complexity index is 560. The van der Waals surface area contributed by atoms with Gasteiger partial charge in [0.2, 0.25) is 0 Å². The van der Waals surface area contributed by atoms with E-state index in [4.69, 9.17) is 23.2 Å². The van der Waals surface area contributed by atoms with Gasteiger partial charge in [0.05, 0.1) is 11.5 Å². The summed E-state index contributed by atoms with van der Waals surface area (Å²) in [4.78, 5) is 2.10. The van der Waals surface area contributed by atoms with E-state index in [1.165, 1.54) is 0 Å². The van der Waals surface area contributed by atoms with Crippen LogP contribution in [0.3, 0.4) is 0 Å². The van der Waals surface area contributed by atoms with Crippen molar-refractivity contribution in [3.05, 3.63) is 33.8 Å². The van der Waals surface area contributed by atoms with E-state index in [0.29, 0.717) is 28.1 Å². The Balaban J connectivity index is 1.94. The third-order valence-corrected chi connectivity index (χ3v) is 5.79. The van der Waals surface area contributed by atoms with Gasteiger partial charge in [0, 0.05) is 23.1 Å². The molecule has 1 atom stereocenters. The van der Waals surface area contributed by atoms with E-state index < -0.39 is 9.84 Å². The number of benzene rings is 1. The average Bonchev–Trinajstić information content (AvgIpc) is 2.63. The van der Waals surface area contributed by atoms with Crippen LogP contribution in [0.1, 0.15) is 12.0 Å². The van der Waals surface area contributed by atoms with E-state index in [1.54, 1.807) is 12.1 Å². The first-order valence-electron chi connectivity index (χ1n) is 6.18. The third-order valence-electron chi connectivity index (χ3n) is 3.34. The number of hydrogen-bond acceptors (Lipinski definition) is 3. The Kier molecular flexibility index (Phi) is 4.77. The van der Waals surface area contributed by atoms with Gasteiger partial charge in [0.25, 0.3) is 0 Å². The van der Waals surface area contributed by atoms with Crippen molar-refractivity contribution in [1.29, 1.82) is 0 Å². The van der Waals surface area contributed by atoms with Crippen LogP contribution in [-0.4, -0.2) is 38.4 Å². The van der Waals surface area contributed by atoms with Crippen LogP contribution in [0.2, 0.25) is 10.0 Å². The summed E-state index contributed by atoms with van der Waals surface area (Å²) >= 11 is 12.1. The lowest BCUT2D eigenvalue weighted by atomic mass is 10.1. The second-order valence-electron chi connectivity index (χ2n) is 5.20. The molecule has 106 valence electrons. The van der Waals surface area contributed by atoms with Gasteiger partial charge >= 0.3 is 0 Å². The summed E-state index contributed by atoms with van der Waals surface area (Å²) in [7, 11) is -0.828. The van der Waals surface area contributed by atoms with Crippen molar-refractivity contribution in [1.82, 2.24) is 4.90 Å². The van der Waals surface area contributed by atoms with Gasteiger partial charge in [-0.05, 0) is 43.1 Å². The van der Waals surface area contributed by atoms with Gasteiger partial charge in [-0.3, -0.25) is 0 Å². The fraction of sp³-hybridized carbons (Fsp3) is 0.538. The predicted molar refractivity (Wildman–Crippen MR) is 79.6 cm³/mol. The van der Waals surface area contributed by atoms with Gasteiger partial charge in [-0.15, -0.1) is 0 Å². The summed E-state index contributed by atoms with van der Waals surface area (Å²) in [6.45, 7) is 1.44. The Morgan fingerprint density at radius 1 is 1.37 bits per heavy atom. The Labute approximate surface area is 124 Å². The molecule has 6 heteroatoms. The summed E-state index contributed by atoms with van der Waals surface area (Å²) in [6.07, 6.45) is 0.760. The maximum absolute atomic E-state index is 11.4. The highest BCUT2D eigenvalue weighted by Crippen LogP contribution is 2.23. The quantitative estimate of drug-likeness (QED) is 0.855. The van der Waals surface area contributed by atoms with Crippen LogP contribution in [0, 0.1) is 5.92 Å². The molecule has 1 heterocycles. The van der Waals surface area contributed by atoms with Crippen LogP contribution in [0.25, 0.3) is 0 Å². The normalized spacial score (nSPS) is 22.0. The van der Waals surface area contributed by atoms with E-state index in [0.717, 1.165) is 18.5 Å². The Morgan fingerprint density at radius 3 is 2.74 bits per heavy atom. The fourth-order valence-corrected chi connectivity index (χ4v) is 4.70. The molecule has 0 saturated carbocycles. The first-order chi connectivity index (χ1) is 8.85. The molecule has 1 aliphatic heterocycles. The summed E-state index contributed by atoms with van der Waals surface area (Å²) < 4.78 is 22.8. The molecule has 1 aliphatic rings. The number of hydrogen-bond donors (Lipinski definition) is 0. The van der Waals surface area contributed by atoms with Gasteiger partial charge in [-0.2, -0.15) is 0 Å². The summed E-state index contributed by atoms with van der Waals surface area (Å²) in [5, 5.41) is 1.35. The van der Waals surface area contributed by atoms with E-state index in [2.05, 4.69) is 4.90 Å². The lowest BCUT2D eigenvalue weighted by Crippen LogP contribution is -2.26. The molecule has 1 fully saturated rings. The Morgan fingerprint density at radius 2 is 2.11 bits per heavy atom. The van der Waals surface area contributed by atoms with Gasteiger partial charge in [0.1, 0.15) is 0 Å². The monoisotopic (exact) mass is 321 g/mol. The molecule has 19 heavy (non-hydrogen) atoms. The second kappa shape index (κ2) is 6.00. The van der Waals surface area contributed by atoms with Gasteiger partial charge < -0.3 is 4.90 Å². The van der Waals surface area contributed by atoms with Crippen molar-refractivity contribution >= 4 is 33.0 Å². The number of halogens is 2. The minimum atomic E-state index is -2.80. The lowest BCUT2D eigenvalue weighted by Gasteiger charge is -2.20. The van der Waals surface area contributed by atoms with E-state index >= 15 is 0 Å². The lowest BCUT2D eigenvalue weighted by molar-refractivity contribution is 0.281. The van der Waals surface area contributed by atoms with Crippen molar-refractivity contribution in [2.45, 2.75) is 13.0 Å². The molecular weight excluding hydrogens is 305 g/mol. The second-order valence-corrected chi connectivity index (χ2v) is 8.27. The fourth-order valence-electron chi connectivity index (χ4n) is 2.48. The number of sulfone groups is 1. The SMILES string of the molecule is CN(Cc1cc(Cl)ccc1Cl)CC1CCS(=O)(=O)C1. The maximum atomic E-state index is 11.4. The van der Waals surface area contributed by atoms with Crippen LogP contribution in [0.15, 0.2) is 18.2 Å². The van der Waals surface area contributed by atoms with Gasteiger partial charge in [-0.1, -0.05) is 23.2 Å². The maximum Gasteiger partial charge on any atom is 0.150 e. The summed E-state index contributed by atoms with van der Waals surface area (Å²) in [5.74, 6) is 0.859. The van der Waals surface area contributed by atoms with Gasteiger partial charge in [0.15, 0.2) is 9.84 Å². The zero-order chi connectivity index (χ0) is 14.0. The molecule has 3 nitrogen and oxygen atoms in total. The molecule has 2 rings (SSSR count). The molecule has 1 saturated heterocycles. The molecule has 0 aromatic heterocycles. The predicted octanol–water partition coefficient (Wildman–Crippen LogP) is 2.86. The Hall–Kier alpha value is -0.290. The van der Waals surface area contributed by atoms with Crippen LogP contribution in [0.5, 0.6) is 0 Å². The topological polar surface area (TPSA) is 37.4 Å². The smallest absolute Gasteiger partial charge is 0.150 e. The molecule has 0 spiro atoms. The molecule has 0 aliphatic carbocycles. The average molecular weight is 322 g/mol. The van der Waals surface area contributed by atoms with Crippen molar-refractivity contribution in [3.8, 4) is 0 Å². The zero-order valence-electron chi connectivity index (χ0n) is 10.8. The number of rotatable bonds is 4. The highest BCUT2D eigenvalue weighted by Gasteiger charge is 2.28. The van der Waals surface area contributed by atoms with E-state index in [1.807, 2.05) is 13.1 Å². The molecule has 0 amide bonds. The summed E-state index contributed by atoms with van der Waals surface area (Å²) in [5.41, 5.74) is 0.970. The third kappa shape index (κ3) is 4.35. The van der Waals surface area contributed by atoms with Crippen molar-refractivity contribution in [2.24, 2.45) is 5.92 Å². The molecule has 1 unspecified atom stereocenters. The van der Waals surface area contributed by atoms with E-state index in [-0.39, 0.29) is 5.92 Å². The molecule has 1 aromatic rings. The van der Waals surface area contributed by atoms with Crippen LogP contribution in [0.4, 0.5) is 0 Å². The minimum absolute atomic E-state index is 0.230. The van der Waals surface area contributed by atoms with Crippen LogP contribution >= 0.6 is 23.2 Å². The molecule has 0 bridgehead atoms. The largest absolute Gasteiger partial charge is 0.302 e. The molecule has 1 aromatic carbocycles. The highest BCUT2D eigenvalue weighted by molar-refractivity contribution is 7.91. The van der Waals surface area contributed by atoms with Crippen molar-refractivity contribution in [2.75, 3.05) is 25.1 Å². The molecule has 0 N–H and O–H groups in total. The van der Waals surface area contributed by atoms with Crippen LogP contribution < -0.4 is 0 Å². The summed E-state index contributed by atoms with van der Waals surface area (Å²) in [6, 6.07) is 5.40. The molecule has 0 radical (unpaired) electrons. The minimum Gasteiger partial charge on any atom is -0.302 e. The van der Waals surface area contributed by atoms with Crippen molar-refractivity contribution in [3.63, 3.8) is 0 Å². The standard InChI is InChI=1S/C13H17Cl2NO2S/c1-16(7-10-4-5-19(17,18)9-10)8-11-6-12(14)2-3-13(11)15/h2-3,6,10H,4-5,7-9H2,1H3.